The molecule has 0 aliphatic carbocycles. The van der Waals surface area contributed by atoms with E-state index < -0.39 is 0 Å². The van der Waals surface area contributed by atoms with Crippen LogP contribution in [0.15, 0.2) is 16.6 Å². The maximum Gasteiger partial charge on any atom is 0.126 e. The number of anilines is 1. The smallest absolute Gasteiger partial charge is 0.126 e. The summed E-state index contributed by atoms with van der Waals surface area (Å²) in [4.78, 5) is 0. The van der Waals surface area contributed by atoms with E-state index in [1.165, 1.54) is 12.1 Å². The maximum atomic E-state index is 12.5. The third-order valence-electron chi connectivity index (χ3n) is 1.35. The first-order valence-corrected chi connectivity index (χ1v) is 3.61. The highest BCUT2D eigenvalue weighted by Crippen LogP contribution is 2.22. The van der Waals surface area contributed by atoms with Crippen LogP contribution in [0.4, 0.5) is 10.1 Å². The molecule has 0 aromatic heterocycles. The average Bonchev–Trinajstić information content (AvgIpc) is 1.82. The second kappa shape index (κ2) is 3.93. The minimum atomic E-state index is -0.310. The van der Waals surface area contributed by atoms with Gasteiger partial charge in [0.05, 0.1) is 0 Å². The summed E-state index contributed by atoms with van der Waals surface area (Å²) >= 11 is 3.18. The molecular formula is C7H8BrClFN. The summed E-state index contributed by atoms with van der Waals surface area (Å²) in [7, 11) is 0. The second-order valence-corrected chi connectivity index (χ2v) is 2.96. The fourth-order valence-electron chi connectivity index (χ4n) is 0.666. The van der Waals surface area contributed by atoms with Crippen LogP contribution in [0.5, 0.6) is 0 Å². The predicted octanol–water partition coefficient (Wildman–Crippen LogP) is 2.90. The van der Waals surface area contributed by atoms with E-state index >= 15 is 0 Å². The van der Waals surface area contributed by atoms with E-state index in [0.29, 0.717) is 10.2 Å². The van der Waals surface area contributed by atoms with Crippen molar-refractivity contribution in [2.75, 3.05) is 5.73 Å². The third kappa shape index (κ3) is 2.34. The van der Waals surface area contributed by atoms with Crippen molar-refractivity contribution in [1.82, 2.24) is 0 Å². The first-order chi connectivity index (χ1) is 4.61. The SMILES string of the molecule is Cc1c(N)cc(F)cc1Br.Cl. The van der Waals surface area contributed by atoms with Gasteiger partial charge in [-0.3, -0.25) is 0 Å². The quantitative estimate of drug-likeness (QED) is 0.693. The summed E-state index contributed by atoms with van der Waals surface area (Å²) in [6, 6.07) is 2.70. The molecule has 0 atom stereocenters. The van der Waals surface area contributed by atoms with Gasteiger partial charge < -0.3 is 5.73 Å². The van der Waals surface area contributed by atoms with Crippen molar-refractivity contribution >= 4 is 34.0 Å². The molecule has 4 heteroatoms. The monoisotopic (exact) mass is 239 g/mol. The van der Waals surface area contributed by atoms with E-state index in [9.17, 15) is 4.39 Å². The Morgan fingerprint density at radius 3 is 2.45 bits per heavy atom. The lowest BCUT2D eigenvalue weighted by Gasteiger charge is -2.01. The number of nitrogens with two attached hydrogens (primary N) is 1. The fourth-order valence-corrected chi connectivity index (χ4v) is 1.11. The van der Waals surface area contributed by atoms with Gasteiger partial charge in [-0.1, -0.05) is 15.9 Å². The number of rotatable bonds is 0. The van der Waals surface area contributed by atoms with Crippen LogP contribution in [0, 0.1) is 12.7 Å². The molecule has 11 heavy (non-hydrogen) atoms. The molecule has 0 spiro atoms. The highest BCUT2D eigenvalue weighted by atomic mass is 79.9. The van der Waals surface area contributed by atoms with E-state index in [1.54, 1.807) is 0 Å². The van der Waals surface area contributed by atoms with Gasteiger partial charge in [0.2, 0.25) is 0 Å². The number of hydrogen-bond donors (Lipinski definition) is 1. The molecule has 0 saturated heterocycles. The molecule has 0 radical (unpaired) electrons. The molecule has 1 rings (SSSR count). The standard InChI is InChI=1S/C7H7BrFN.ClH/c1-4-6(8)2-5(9)3-7(4)10;/h2-3H,10H2,1H3;1H. The zero-order chi connectivity index (χ0) is 7.72. The van der Waals surface area contributed by atoms with Crippen molar-refractivity contribution in [3.05, 3.63) is 28.0 Å². The first-order valence-electron chi connectivity index (χ1n) is 2.82. The van der Waals surface area contributed by atoms with E-state index in [0.717, 1.165) is 5.56 Å². The van der Waals surface area contributed by atoms with Gasteiger partial charge in [0, 0.05) is 10.2 Å². The van der Waals surface area contributed by atoms with E-state index in [1.807, 2.05) is 6.92 Å². The lowest BCUT2D eigenvalue weighted by Crippen LogP contribution is -1.91. The zero-order valence-electron chi connectivity index (χ0n) is 5.90. The molecule has 0 amide bonds. The van der Waals surface area contributed by atoms with Gasteiger partial charge in [-0.25, -0.2) is 4.39 Å². The molecule has 0 fully saturated rings. The van der Waals surface area contributed by atoms with Crippen LogP contribution in [0.2, 0.25) is 0 Å². The van der Waals surface area contributed by atoms with Crippen molar-refractivity contribution < 1.29 is 4.39 Å². The molecular weight excluding hydrogens is 232 g/mol. The molecule has 62 valence electrons. The van der Waals surface area contributed by atoms with E-state index in [2.05, 4.69) is 15.9 Å². The normalized spacial score (nSPS) is 9.00. The van der Waals surface area contributed by atoms with Gasteiger partial charge in [0.1, 0.15) is 5.82 Å². The van der Waals surface area contributed by atoms with Crippen molar-refractivity contribution in [1.29, 1.82) is 0 Å². The van der Waals surface area contributed by atoms with Crippen LogP contribution >= 0.6 is 28.3 Å². The summed E-state index contributed by atoms with van der Waals surface area (Å²) < 4.78 is 13.2. The lowest BCUT2D eigenvalue weighted by atomic mass is 10.2. The van der Waals surface area contributed by atoms with E-state index in [-0.39, 0.29) is 18.2 Å². The van der Waals surface area contributed by atoms with Crippen molar-refractivity contribution in [3.63, 3.8) is 0 Å². The van der Waals surface area contributed by atoms with Gasteiger partial charge in [-0.05, 0) is 24.6 Å². The third-order valence-corrected chi connectivity index (χ3v) is 2.17. The molecule has 2 N–H and O–H groups in total. The molecule has 0 heterocycles. The predicted molar refractivity (Wildman–Crippen MR) is 50.5 cm³/mol. The molecule has 0 unspecified atom stereocenters. The highest BCUT2D eigenvalue weighted by molar-refractivity contribution is 9.10. The molecule has 1 aromatic carbocycles. The van der Waals surface area contributed by atoms with Crippen LogP contribution in [0.25, 0.3) is 0 Å². The molecule has 0 bridgehead atoms. The first kappa shape index (κ1) is 10.7. The Morgan fingerprint density at radius 1 is 1.45 bits per heavy atom. The number of benzene rings is 1. The van der Waals surface area contributed by atoms with Gasteiger partial charge in [-0.15, -0.1) is 12.4 Å². The Labute approximate surface area is 79.3 Å². The van der Waals surface area contributed by atoms with Crippen LogP contribution < -0.4 is 5.73 Å². The minimum Gasteiger partial charge on any atom is -0.398 e. The van der Waals surface area contributed by atoms with Crippen molar-refractivity contribution in [2.24, 2.45) is 0 Å². The fraction of sp³-hybridized carbons (Fsp3) is 0.143. The van der Waals surface area contributed by atoms with Gasteiger partial charge in [0.25, 0.3) is 0 Å². The number of nitrogen functional groups attached to an aromatic ring is 1. The van der Waals surface area contributed by atoms with Crippen LogP contribution in [0.3, 0.4) is 0 Å². The Morgan fingerprint density at radius 2 is 2.00 bits per heavy atom. The van der Waals surface area contributed by atoms with Gasteiger partial charge in [0.15, 0.2) is 0 Å². The Bertz CT molecular complexity index is 242. The Kier molecular flexibility index (Phi) is 3.83. The Hall–Kier alpha value is -0.280. The summed E-state index contributed by atoms with van der Waals surface area (Å²) in [6.07, 6.45) is 0. The summed E-state index contributed by atoms with van der Waals surface area (Å²) in [5.74, 6) is -0.310. The minimum absolute atomic E-state index is 0. The maximum absolute atomic E-state index is 12.5. The van der Waals surface area contributed by atoms with Crippen molar-refractivity contribution in [3.8, 4) is 0 Å². The second-order valence-electron chi connectivity index (χ2n) is 2.10. The molecule has 1 nitrogen and oxygen atoms in total. The summed E-state index contributed by atoms with van der Waals surface area (Å²) in [5.41, 5.74) is 6.81. The lowest BCUT2D eigenvalue weighted by molar-refractivity contribution is 0.627. The molecule has 0 aliphatic heterocycles. The topological polar surface area (TPSA) is 26.0 Å². The van der Waals surface area contributed by atoms with Crippen LogP contribution in [0.1, 0.15) is 5.56 Å². The number of halogens is 3. The Balaban J connectivity index is 0.000001000. The van der Waals surface area contributed by atoms with Crippen LogP contribution in [-0.4, -0.2) is 0 Å². The summed E-state index contributed by atoms with van der Waals surface area (Å²) in [6.45, 7) is 1.83. The summed E-state index contributed by atoms with van der Waals surface area (Å²) in [5, 5.41) is 0. The van der Waals surface area contributed by atoms with Crippen LogP contribution in [-0.2, 0) is 0 Å². The average molecular weight is 241 g/mol. The van der Waals surface area contributed by atoms with Gasteiger partial charge in [-0.2, -0.15) is 0 Å². The molecule has 1 aromatic rings. The van der Waals surface area contributed by atoms with Crippen molar-refractivity contribution in [2.45, 2.75) is 6.92 Å². The van der Waals surface area contributed by atoms with E-state index in [4.69, 9.17) is 5.73 Å². The molecule has 0 saturated carbocycles. The van der Waals surface area contributed by atoms with Gasteiger partial charge >= 0.3 is 0 Å². The molecule has 0 aliphatic rings. The number of hydrogen-bond acceptors (Lipinski definition) is 1. The zero-order valence-corrected chi connectivity index (χ0v) is 8.30. The highest BCUT2D eigenvalue weighted by Gasteiger charge is 2.00. The largest absolute Gasteiger partial charge is 0.398 e.